The van der Waals surface area contributed by atoms with Gasteiger partial charge >= 0.3 is 5.97 Å². The Balaban J connectivity index is 2.16. The normalized spacial score (nSPS) is 10.5. The summed E-state index contributed by atoms with van der Waals surface area (Å²) >= 11 is 0. The summed E-state index contributed by atoms with van der Waals surface area (Å²) in [5, 5.41) is 5.75. The lowest BCUT2D eigenvalue weighted by atomic mass is 10.4. The lowest BCUT2D eigenvalue weighted by Gasteiger charge is -2.16. The van der Waals surface area contributed by atoms with Crippen LogP contribution in [0.1, 0.15) is 12.6 Å². The molecule has 0 unspecified atom stereocenters. The fourth-order valence-electron chi connectivity index (χ4n) is 1.60. The van der Waals surface area contributed by atoms with E-state index in [2.05, 4.69) is 15.1 Å². The fourth-order valence-corrected chi connectivity index (χ4v) is 1.60. The first kappa shape index (κ1) is 14.6. The number of aromatic nitrogens is 2. The maximum Gasteiger partial charge on any atom is 0.327 e. The molecule has 2 aromatic rings. The lowest BCUT2D eigenvalue weighted by Crippen LogP contribution is -2.27. The van der Waals surface area contributed by atoms with Gasteiger partial charge in [0.05, 0.1) is 18.5 Å². The Morgan fingerprint density at radius 3 is 2.62 bits per heavy atom. The van der Waals surface area contributed by atoms with Gasteiger partial charge in [0.25, 0.3) is 0 Å². The molecule has 0 amide bonds. The minimum absolute atomic E-state index is 0.00577. The van der Waals surface area contributed by atoms with Gasteiger partial charge in [-0.15, -0.1) is 0 Å². The van der Waals surface area contributed by atoms with Crippen LogP contribution >= 0.6 is 0 Å². The summed E-state index contributed by atoms with van der Waals surface area (Å²) in [5.74, 6) is 0.207. The number of nitrogens with zero attached hydrogens (tertiary/aromatic N) is 4. The molecule has 0 atom stereocenters. The summed E-state index contributed by atoms with van der Waals surface area (Å²) in [6, 6.07) is 10.9. The average Bonchev–Trinajstić information content (AvgIpc) is 2.53. The number of anilines is 1. The zero-order valence-electron chi connectivity index (χ0n) is 11.7. The smallest absolute Gasteiger partial charge is 0.327 e. The van der Waals surface area contributed by atoms with E-state index in [0.717, 1.165) is 0 Å². The second kappa shape index (κ2) is 7.74. The number of hydrazone groups is 1. The highest BCUT2D eigenvalue weighted by Crippen LogP contribution is 2.09. The van der Waals surface area contributed by atoms with Gasteiger partial charge in [0.2, 0.25) is 0 Å². The number of ether oxygens (including phenoxy) is 1. The standard InChI is InChI=1S/C15H16N4O2/c1-2-21-15(20)12-19(14-8-4-6-10-17-14)18-11-13-7-3-5-9-16-13/h3-11H,2,12H2,1H3/b18-11+. The van der Waals surface area contributed by atoms with Gasteiger partial charge in [0.1, 0.15) is 12.4 Å². The second-order valence-corrected chi connectivity index (χ2v) is 4.05. The monoisotopic (exact) mass is 284 g/mol. The molecule has 0 aromatic carbocycles. The van der Waals surface area contributed by atoms with Crippen molar-refractivity contribution in [3.8, 4) is 0 Å². The molecule has 0 aliphatic heterocycles. The maximum absolute atomic E-state index is 11.7. The van der Waals surface area contributed by atoms with E-state index in [1.165, 1.54) is 5.01 Å². The molecule has 0 fully saturated rings. The van der Waals surface area contributed by atoms with Crippen molar-refractivity contribution in [2.75, 3.05) is 18.2 Å². The average molecular weight is 284 g/mol. The Morgan fingerprint density at radius 2 is 2.00 bits per heavy atom. The van der Waals surface area contributed by atoms with Gasteiger partial charge in [-0.05, 0) is 31.2 Å². The SMILES string of the molecule is CCOC(=O)CN(/N=C/c1ccccn1)c1ccccn1. The van der Waals surface area contributed by atoms with Crippen molar-refractivity contribution in [3.05, 3.63) is 54.5 Å². The maximum atomic E-state index is 11.7. The molecule has 0 aliphatic rings. The van der Waals surface area contributed by atoms with Crippen molar-refractivity contribution < 1.29 is 9.53 Å². The topological polar surface area (TPSA) is 67.7 Å². The molecule has 6 heteroatoms. The molecular formula is C15H16N4O2. The van der Waals surface area contributed by atoms with E-state index in [1.807, 2.05) is 24.3 Å². The molecule has 0 spiro atoms. The van der Waals surface area contributed by atoms with Crippen molar-refractivity contribution in [2.45, 2.75) is 6.92 Å². The summed E-state index contributed by atoms with van der Waals surface area (Å²) in [5.41, 5.74) is 0.697. The van der Waals surface area contributed by atoms with Crippen LogP contribution in [0.4, 0.5) is 5.82 Å². The third-order valence-electron chi connectivity index (χ3n) is 2.52. The quantitative estimate of drug-likeness (QED) is 0.460. The van der Waals surface area contributed by atoms with E-state index in [-0.39, 0.29) is 12.5 Å². The first-order valence-corrected chi connectivity index (χ1v) is 6.59. The molecule has 0 saturated carbocycles. The van der Waals surface area contributed by atoms with Gasteiger partial charge in [-0.1, -0.05) is 12.1 Å². The summed E-state index contributed by atoms with van der Waals surface area (Å²) < 4.78 is 4.95. The van der Waals surface area contributed by atoms with Crippen LogP contribution in [0.5, 0.6) is 0 Å². The predicted octanol–water partition coefficient (Wildman–Crippen LogP) is 1.88. The van der Waals surface area contributed by atoms with Gasteiger partial charge in [-0.3, -0.25) is 9.78 Å². The van der Waals surface area contributed by atoms with Gasteiger partial charge in [-0.25, -0.2) is 9.99 Å². The van der Waals surface area contributed by atoms with Gasteiger partial charge in [0, 0.05) is 12.4 Å². The Kier molecular flexibility index (Phi) is 5.40. The lowest BCUT2D eigenvalue weighted by molar-refractivity contribution is -0.141. The molecule has 2 rings (SSSR count). The van der Waals surface area contributed by atoms with Crippen LogP contribution in [0.2, 0.25) is 0 Å². The number of carbonyl (C=O) groups excluding carboxylic acids is 1. The minimum atomic E-state index is -0.360. The largest absolute Gasteiger partial charge is 0.465 e. The van der Waals surface area contributed by atoms with Crippen molar-refractivity contribution in [2.24, 2.45) is 5.10 Å². The van der Waals surface area contributed by atoms with Crippen molar-refractivity contribution in [3.63, 3.8) is 0 Å². The summed E-state index contributed by atoms with van der Waals surface area (Å²) in [6.07, 6.45) is 4.90. The third-order valence-corrected chi connectivity index (χ3v) is 2.52. The predicted molar refractivity (Wildman–Crippen MR) is 80.0 cm³/mol. The molecule has 0 radical (unpaired) electrons. The molecular weight excluding hydrogens is 268 g/mol. The second-order valence-electron chi connectivity index (χ2n) is 4.05. The molecule has 2 heterocycles. The zero-order chi connectivity index (χ0) is 14.9. The number of esters is 1. The highest BCUT2D eigenvalue weighted by molar-refractivity contribution is 5.80. The van der Waals surface area contributed by atoms with Crippen LogP contribution in [-0.4, -0.2) is 35.3 Å². The first-order valence-electron chi connectivity index (χ1n) is 6.59. The number of rotatable bonds is 6. The van der Waals surface area contributed by atoms with Crippen LogP contribution in [0.3, 0.4) is 0 Å². The van der Waals surface area contributed by atoms with E-state index in [4.69, 9.17) is 4.74 Å². The van der Waals surface area contributed by atoms with E-state index in [1.54, 1.807) is 37.7 Å². The number of pyridine rings is 2. The Morgan fingerprint density at radius 1 is 1.24 bits per heavy atom. The molecule has 0 saturated heterocycles. The molecule has 0 aliphatic carbocycles. The summed E-state index contributed by atoms with van der Waals surface area (Å²) in [7, 11) is 0. The van der Waals surface area contributed by atoms with E-state index in [0.29, 0.717) is 18.1 Å². The number of hydrogen-bond donors (Lipinski definition) is 0. The highest BCUT2D eigenvalue weighted by Gasteiger charge is 2.12. The Labute approximate surface area is 123 Å². The van der Waals surface area contributed by atoms with Crippen molar-refractivity contribution in [1.82, 2.24) is 9.97 Å². The van der Waals surface area contributed by atoms with Gasteiger partial charge in [-0.2, -0.15) is 5.10 Å². The molecule has 21 heavy (non-hydrogen) atoms. The van der Waals surface area contributed by atoms with Gasteiger partial charge < -0.3 is 4.74 Å². The fraction of sp³-hybridized carbons (Fsp3) is 0.200. The van der Waals surface area contributed by atoms with Crippen LogP contribution in [0, 0.1) is 0 Å². The summed E-state index contributed by atoms with van der Waals surface area (Å²) in [4.78, 5) is 20.0. The number of carbonyl (C=O) groups is 1. The van der Waals surface area contributed by atoms with Crippen LogP contribution in [0.15, 0.2) is 53.9 Å². The third kappa shape index (κ3) is 4.68. The molecule has 0 N–H and O–H groups in total. The van der Waals surface area contributed by atoms with Gasteiger partial charge in [0.15, 0.2) is 0 Å². The molecule has 108 valence electrons. The van der Waals surface area contributed by atoms with Crippen LogP contribution < -0.4 is 5.01 Å². The summed E-state index contributed by atoms with van der Waals surface area (Å²) in [6.45, 7) is 2.09. The Bertz CT molecular complexity index is 587. The van der Waals surface area contributed by atoms with Crippen LogP contribution in [-0.2, 0) is 9.53 Å². The zero-order valence-corrected chi connectivity index (χ0v) is 11.7. The van der Waals surface area contributed by atoms with E-state index in [9.17, 15) is 4.79 Å². The van der Waals surface area contributed by atoms with Crippen LogP contribution in [0.25, 0.3) is 0 Å². The van der Waals surface area contributed by atoms with Crippen molar-refractivity contribution >= 4 is 18.0 Å². The number of hydrogen-bond acceptors (Lipinski definition) is 6. The Hall–Kier alpha value is -2.76. The molecule has 2 aromatic heterocycles. The molecule has 0 bridgehead atoms. The van der Waals surface area contributed by atoms with E-state index < -0.39 is 0 Å². The minimum Gasteiger partial charge on any atom is -0.465 e. The van der Waals surface area contributed by atoms with E-state index >= 15 is 0 Å². The van der Waals surface area contributed by atoms with Crippen molar-refractivity contribution in [1.29, 1.82) is 0 Å². The molecule has 6 nitrogen and oxygen atoms in total. The first-order chi connectivity index (χ1) is 10.3. The highest BCUT2D eigenvalue weighted by atomic mass is 16.5.